The van der Waals surface area contributed by atoms with Gasteiger partial charge >= 0.3 is 0 Å². The van der Waals surface area contributed by atoms with Crippen LogP contribution in [0.25, 0.3) is 0 Å². The Morgan fingerprint density at radius 1 is 1.73 bits per heavy atom. The van der Waals surface area contributed by atoms with Gasteiger partial charge in [-0.1, -0.05) is 0 Å². The van der Waals surface area contributed by atoms with Crippen LogP contribution >= 0.6 is 0 Å². The predicted octanol–water partition coefficient (Wildman–Crippen LogP) is 1.25. The Balaban J connectivity index is 2.44. The molecule has 0 saturated carbocycles. The fraction of sp³-hybridized carbons (Fsp3) is 0.571. The molecule has 0 spiro atoms. The maximum absolute atomic E-state index is 11.6. The smallest absolute Gasteiger partial charge is 0.232 e. The monoisotopic (exact) mass is 158 g/mol. The summed E-state index contributed by atoms with van der Waals surface area (Å²) in [4.78, 5) is 0. The second-order valence-corrected chi connectivity index (χ2v) is 2.05. The number of rotatable bonds is 4. The Hall–Kier alpha value is -1.06. The first-order chi connectivity index (χ1) is 5.36. The largest absolute Gasteiger partial charge is 0.474 e. The van der Waals surface area contributed by atoms with Crippen LogP contribution in [-0.4, -0.2) is 23.1 Å². The van der Waals surface area contributed by atoms with E-state index in [1.807, 2.05) is 6.92 Å². The van der Waals surface area contributed by atoms with Crippen molar-refractivity contribution in [3.05, 3.63) is 12.3 Å². The molecule has 62 valence electrons. The van der Waals surface area contributed by atoms with Gasteiger partial charge in [0.25, 0.3) is 0 Å². The molecule has 0 aromatic carbocycles. The Labute approximate surface area is 64.8 Å². The zero-order valence-corrected chi connectivity index (χ0v) is 6.46. The summed E-state index contributed by atoms with van der Waals surface area (Å²) in [5.74, 6) is 0.490. The van der Waals surface area contributed by atoms with Crippen LogP contribution in [-0.2, 0) is 6.54 Å². The second kappa shape index (κ2) is 3.95. The van der Waals surface area contributed by atoms with Crippen LogP contribution in [0.2, 0.25) is 0 Å². The molecule has 0 N–H and O–H groups in total. The van der Waals surface area contributed by atoms with Gasteiger partial charge in [0.1, 0.15) is 13.3 Å². The molecule has 0 fully saturated rings. The van der Waals surface area contributed by atoms with Gasteiger partial charge in [0.2, 0.25) is 5.88 Å². The topological polar surface area (TPSA) is 27.1 Å². The first-order valence-electron chi connectivity index (χ1n) is 3.59. The molecule has 0 aliphatic carbocycles. The predicted molar refractivity (Wildman–Crippen MR) is 39.4 cm³/mol. The van der Waals surface area contributed by atoms with Crippen LogP contribution in [0.3, 0.4) is 0 Å². The zero-order chi connectivity index (χ0) is 8.10. The highest BCUT2D eigenvalue weighted by molar-refractivity contribution is 5.05. The van der Waals surface area contributed by atoms with E-state index in [1.165, 1.54) is 0 Å². The van der Waals surface area contributed by atoms with Crippen LogP contribution < -0.4 is 4.74 Å². The third kappa shape index (κ3) is 2.22. The molecule has 0 radical (unpaired) electrons. The third-order valence-corrected chi connectivity index (χ3v) is 1.27. The normalized spacial score (nSPS) is 10.0. The fourth-order valence-corrected chi connectivity index (χ4v) is 0.739. The highest BCUT2D eigenvalue weighted by Gasteiger charge is 1.96. The van der Waals surface area contributed by atoms with E-state index in [-0.39, 0.29) is 6.61 Å². The van der Waals surface area contributed by atoms with Gasteiger partial charge in [0, 0.05) is 18.8 Å². The SMILES string of the molecule is CCn1ccc(OCCF)n1. The summed E-state index contributed by atoms with van der Waals surface area (Å²) in [7, 11) is 0. The van der Waals surface area contributed by atoms with E-state index in [9.17, 15) is 4.39 Å². The van der Waals surface area contributed by atoms with Crippen LogP contribution in [0.4, 0.5) is 4.39 Å². The minimum absolute atomic E-state index is 0.0841. The van der Waals surface area contributed by atoms with Crippen molar-refractivity contribution >= 4 is 0 Å². The van der Waals surface area contributed by atoms with E-state index in [0.29, 0.717) is 5.88 Å². The van der Waals surface area contributed by atoms with Gasteiger partial charge < -0.3 is 4.74 Å². The lowest BCUT2D eigenvalue weighted by Gasteiger charge is -1.96. The summed E-state index contributed by atoms with van der Waals surface area (Å²) in [6, 6.07) is 1.72. The first-order valence-corrected chi connectivity index (χ1v) is 3.59. The molecule has 0 atom stereocenters. The van der Waals surface area contributed by atoms with Gasteiger partial charge in [-0.15, -0.1) is 5.10 Å². The van der Waals surface area contributed by atoms with Crippen molar-refractivity contribution in [3.63, 3.8) is 0 Å². The van der Waals surface area contributed by atoms with Crippen LogP contribution in [0.5, 0.6) is 5.88 Å². The molecule has 0 saturated heterocycles. The van der Waals surface area contributed by atoms with E-state index >= 15 is 0 Å². The van der Waals surface area contributed by atoms with E-state index in [1.54, 1.807) is 16.9 Å². The summed E-state index contributed by atoms with van der Waals surface area (Å²) in [6.07, 6.45) is 1.80. The van der Waals surface area contributed by atoms with E-state index in [0.717, 1.165) is 6.54 Å². The van der Waals surface area contributed by atoms with Crippen molar-refractivity contribution in [2.45, 2.75) is 13.5 Å². The Bertz CT molecular complexity index is 212. The van der Waals surface area contributed by atoms with Crippen LogP contribution in [0.15, 0.2) is 12.3 Å². The molecule has 3 nitrogen and oxygen atoms in total. The molecule has 1 aromatic rings. The van der Waals surface area contributed by atoms with Crippen molar-refractivity contribution in [1.29, 1.82) is 0 Å². The van der Waals surface area contributed by atoms with Crippen molar-refractivity contribution < 1.29 is 9.13 Å². The number of hydrogen-bond acceptors (Lipinski definition) is 2. The first kappa shape index (κ1) is 8.04. The maximum atomic E-state index is 11.6. The molecule has 1 aromatic heterocycles. The molecule has 11 heavy (non-hydrogen) atoms. The lowest BCUT2D eigenvalue weighted by Crippen LogP contribution is -2.00. The minimum Gasteiger partial charge on any atom is -0.474 e. The van der Waals surface area contributed by atoms with Crippen molar-refractivity contribution in [3.8, 4) is 5.88 Å². The van der Waals surface area contributed by atoms with Crippen LogP contribution in [0.1, 0.15) is 6.92 Å². The van der Waals surface area contributed by atoms with E-state index < -0.39 is 6.67 Å². The molecule has 4 heteroatoms. The molecule has 0 aliphatic rings. The highest BCUT2D eigenvalue weighted by atomic mass is 19.1. The number of nitrogens with zero attached hydrogens (tertiary/aromatic N) is 2. The zero-order valence-electron chi connectivity index (χ0n) is 6.46. The van der Waals surface area contributed by atoms with Crippen LogP contribution in [0, 0.1) is 0 Å². The van der Waals surface area contributed by atoms with Gasteiger partial charge in [-0.05, 0) is 6.92 Å². The summed E-state index contributed by atoms with van der Waals surface area (Å²) in [5.41, 5.74) is 0. The van der Waals surface area contributed by atoms with Crippen molar-refractivity contribution in [2.24, 2.45) is 0 Å². The van der Waals surface area contributed by atoms with Gasteiger partial charge in [0.05, 0.1) is 0 Å². The number of halogens is 1. The van der Waals surface area contributed by atoms with Gasteiger partial charge in [0.15, 0.2) is 0 Å². The Morgan fingerprint density at radius 2 is 2.55 bits per heavy atom. The Morgan fingerprint density at radius 3 is 3.09 bits per heavy atom. The van der Waals surface area contributed by atoms with Gasteiger partial charge in [-0.2, -0.15) is 0 Å². The molecule has 1 rings (SSSR count). The molecule has 0 unspecified atom stereocenters. The highest BCUT2D eigenvalue weighted by Crippen LogP contribution is 2.04. The number of ether oxygens (including phenoxy) is 1. The second-order valence-electron chi connectivity index (χ2n) is 2.05. The standard InChI is InChI=1S/C7H11FN2O/c1-2-10-5-3-7(9-10)11-6-4-8/h3,5H,2,4,6H2,1H3. The van der Waals surface area contributed by atoms with E-state index in [4.69, 9.17) is 4.74 Å². The average molecular weight is 158 g/mol. The maximum Gasteiger partial charge on any atom is 0.232 e. The van der Waals surface area contributed by atoms with Crippen molar-refractivity contribution in [1.82, 2.24) is 9.78 Å². The van der Waals surface area contributed by atoms with Crippen molar-refractivity contribution in [2.75, 3.05) is 13.3 Å². The number of alkyl halides is 1. The quantitative estimate of drug-likeness (QED) is 0.659. The summed E-state index contributed by atoms with van der Waals surface area (Å²) in [6.45, 7) is 2.39. The average Bonchev–Trinajstić information content (AvgIpc) is 2.48. The minimum atomic E-state index is -0.473. The number of hydrogen-bond donors (Lipinski definition) is 0. The molecular weight excluding hydrogens is 147 g/mol. The molecular formula is C7H11FN2O. The molecule has 0 bridgehead atoms. The summed E-state index contributed by atoms with van der Waals surface area (Å²) < 4.78 is 18.3. The lowest BCUT2D eigenvalue weighted by atomic mass is 10.7. The number of aromatic nitrogens is 2. The molecule has 0 aliphatic heterocycles. The Kier molecular flexibility index (Phi) is 2.89. The summed E-state index contributed by atoms with van der Waals surface area (Å²) in [5, 5.41) is 3.99. The third-order valence-electron chi connectivity index (χ3n) is 1.27. The number of aryl methyl sites for hydroxylation is 1. The fourth-order valence-electron chi connectivity index (χ4n) is 0.739. The molecule has 1 heterocycles. The molecule has 0 amide bonds. The van der Waals surface area contributed by atoms with Gasteiger partial charge in [-0.3, -0.25) is 4.68 Å². The van der Waals surface area contributed by atoms with E-state index in [2.05, 4.69) is 5.10 Å². The lowest BCUT2D eigenvalue weighted by molar-refractivity contribution is 0.262. The summed E-state index contributed by atoms with van der Waals surface area (Å²) >= 11 is 0. The van der Waals surface area contributed by atoms with Gasteiger partial charge in [-0.25, -0.2) is 4.39 Å².